The maximum atomic E-state index is 13.5. The van der Waals surface area contributed by atoms with E-state index in [9.17, 15) is 9.50 Å². The van der Waals surface area contributed by atoms with Crippen LogP contribution >= 0.6 is 0 Å². The molecule has 0 amide bonds. The van der Waals surface area contributed by atoms with Crippen LogP contribution in [-0.2, 0) is 6.54 Å². The molecule has 0 bridgehead atoms. The number of aryl methyl sites for hydroxylation is 1. The molecule has 3 nitrogen and oxygen atoms in total. The van der Waals surface area contributed by atoms with Crippen molar-refractivity contribution in [1.82, 2.24) is 10.2 Å². The lowest BCUT2D eigenvalue weighted by atomic mass is 10.0. The van der Waals surface area contributed by atoms with Gasteiger partial charge in [-0.15, -0.1) is 0 Å². The first-order valence-corrected chi connectivity index (χ1v) is 7.43. The van der Waals surface area contributed by atoms with Gasteiger partial charge in [0.05, 0.1) is 6.10 Å². The van der Waals surface area contributed by atoms with E-state index in [1.165, 1.54) is 0 Å². The third-order valence-corrected chi connectivity index (χ3v) is 3.94. The van der Waals surface area contributed by atoms with Gasteiger partial charge in [0.15, 0.2) is 0 Å². The molecule has 0 aromatic heterocycles. The minimum Gasteiger partial charge on any atom is -0.392 e. The zero-order valence-electron chi connectivity index (χ0n) is 12.4. The van der Waals surface area contributed by atoms with Gasteiger partial charge in [-0.1, -0.05) is 12.1 Å². The third-order valence-electron chi connectivity index (χ3n) is 3.94. The van der Waals surface area contributed by atoms with Crippen molar-refractivity contribution >= 4 is 0 Å². The normalized spacial score (nSPS) is 19.2. The van der Waals surface area contributed by atoms with E-state index in [0.717, 1.165) is 44.6 Å². The van der Waals surface area contributed by atoms with Crippen molar-refractivity contribution < 1.29 is 9.50 Å². The molecule has 0 saturated carbocycles. The number of aliphatic hydroxyl groups is 1. The maximum Gasteiger partial charge on any atom is 0.126 e. The van der Waals surface area contributed by atoms with Gasteiger partial charge in [0.25, 0.3) is 0 Å². The van der Waals surface area contributed by atoms with Crippen molar-refractivity contribution in [1.29, 1.82) is 0 Å². The summed E-state index contributed by atoms with van der Waals surface area (Å²) in [7, 11) is 0. The van der Waals surface area contributed by atoms with Crippen molar-refractivity contribution in [2.24, 2.45) is 0 Å². The van der Waals surface area contributed by atoms with E-state index in [2.05, 4.69) is 10.2 Å². The van der Waals surface area contributed by atoms with Gasteiger partial charge in [-0.3, -0.25) is 0 Å². The summed E-state index contributed by atoms with van der Waals surface area (Å²) in [5.41, 5.74) is 1.69. The molecule has 1 aliphatic heterocycles. The van der Waals surface area contributed by atoms with E-state index in [1.807, 2.05) is 19.1 Å². The second kappa shape index (κ2) is 7.16. The largest absolute Gasteiger partial charge is 0.392 e. The van der Waals surface area contributed by atoms with Gasteiger partial charge in [0.1, 0.15) is 5.82 Å². The highest BCUT2D eigenvalue weighted by atomic mass is 19.1. The number of likely N-dealkylation sites (tertiary alicyclic amines) is 1. The Balaban J connectivity index is 1.74. The number of nitrogens with zero attached hydrogens (tertiary/aromatic N) is 1. The van der Waals surface area contributed by atoms with Crippen LogP contribution in [0.4, 0.5) is 4.39 Å². The number of benzene rings is 1. The first-order valence-electron chi connectivity index (χ1n) is 7.43. The Bertz CT molecular complexity index is 428. The van der Waals surface area contributed by atoms with Gasteiger partial charge in [-0.2, -0.15) is 0 Å². The van der Waals surface area contributed by atoms with Gasteiger partial charge in [0, 0.05) is 19.1 Å². The number of piperidine rings is 1. The minimum atomic E-state index is -0.255. The van der Waals surface area contributed by atoms with E-state index in [-0.39, 0.29) is 11.9 Å². The van der Waals surface area contributed by atoms with Crippen LogP contribution in [-0.4, -0.2) is 41.8 Å². The fourth-order valence-corrected chi connectivity index (χ4v) is 2.70. The van der Waals surface area contributed by atoms with E-state index >= 15 is 0 Å². The Kier molecular flexibility index (Phi) is 5.52. The van der Waals surface area contributed by atoms with Crippen LogP contribution in [0.2, 0.25) is 0 Å². The summed E-state index contributed by atoms with van der Waals surface area (Å²) in [6.45, 7) is 7.13. The predicted molar refractivity (Wildman–Crippen MR) is 79.1 cm³/mol. The molecule has 2 rings (SSSR count). The number of halogens is 1. The van der Waals surface area contributed by atoms with Crippen LogP contribution in [0.5, 0.6) is 0 Å². The summed E-state index contributed by atoms with van der Waals surface area (Å²) in [6, 6.07) is 5.92. The molecule has 1 heterocycles. The molecular formula is C16H25FN2O. The van der Waals surface area contributed by atoms with Crippen LogP contribution < -0.4 is 5.32 Å². The summed E-state index contributed by atoms with van der Waals surface area (Å²) < 4.78 is 13.5. The van der Waals surface area contributed by atoms with Crippen molar-refractivity contribution in [3.63, 3.8) is 0 Å². The SMILES string of the molecule is Cc1ccc(CNC2CCN(CC(C)O)CC2)cc1F. The van der Waals surface area contributed by atoms with Crippen LogP contribution in [0, 0.1) is 12.7 Å². The molecule has 1 aromatic rings. The van der Waals surface area contributed by atoms with Gasteiger partial charge in [-0.05, 0) is 57.0 Å². The molecule has 0 radical (unpaired) electrons. The highest BCUT2D eigenvalue weighted by molar-refractivity contribution is 5.23. The average molecular weight is 280 g/mol. The lowest BCUT2D eigenvalue weighted by molar-refractivity contribution is 0.105. The topological polar surface area (TPSA) is 35.5 Å². The molecule has 1 aromatic carbocycles. The fourth-order valence-electron chi connectivity index (χ4n) is 2.70. The summed E-state index contributed by atoms with van der Waals surface area (Å²) >= 11 is 0. The van der Waals surface area contributed by atoms with E-state index in [1.54, 1.807) is 13.0 Å². The van der Waals surface area contributed by atoms with Crippen LogP contribution in [0.25, 0.3) is 0 Å². The van der Waals surface area contributed by atoms with Crippen LogP contribution in [0.3, 0.4) is 0 Å². The summed E-state index contributed by atoms with van der Waals surface area (Å²) in [5.74, 6) is -0.129. The number of rotatable bonds is 5. The molecule has 2 N–H and O–H groups in total. The van der Waals surface area contributed by atoms with Gasteiger partial charge >= 0.3 is 0 Å². The smallest absolute Gasteiger partial charge is 0.126 e. The lowest BCUT2D eigenvalue weighted by Crippen LogP contribution is -2.44. The number of hydrogen-bond donors (Lipinski definition) is 2. The Morgan fingerprint density at radius 3 is 2.70 bits per heavy atom. The zero-order valence-corrected chi connectivity index (χ0v) is 12.4. The monoisotopic (exact) mass is 280 g/mol. The van der Waals surface area contributed by atoms with Crippen molar-refractivity contribution in [3.05, 3.63) is 35.1 Å². The predicted octanol–water partition coefficient (Wildman–Crippen LogP) is 2.07. The van der Waals surface area contributed by atoms with Crippen molar-refractivity contribution in [3.8, 4) is 0 Å². The first-order chi connectivity index (χ1) is 9.54. The summed E-state index contributed by atoms with van der Waals surface area (Å²) in [5, 5.41) is 12.9. The van der Waals surface area contributed by atoms with Crippen LogP contribution in [0.1, 0.15) is 30.9 Å². The number of aliphatic hydroxyl groups excluding tert-OH is 1. The molecule has 112 valence electrons. The fraction of sp³-hybridized carbons (Fsp3) is 0.625. The summed E-state index contributed by atoms with van der Waals surface area (Å²) in [4.78, 5) is 2.30. The lowest BCUT2D eigenvalue weighted by Gasteiger charge is -2.33. The maximum absolute atomic E-state index is 13.5. The minimum absolute atomic E-state index is 0.129. The Hall–Kier alpha value is -0.970. The van der Waals surface area contributed by atoms with Gasteiger partial charge < -0.3 is 15.3 Å². The zero-order chi connectivity index (χ0) is 14.5. The molecule has 1 unspecified atom stereocenters. The highest BCUT2D eigenvalue weighted by Crippen LogP contribution is 2.13. The molecular weight excluding hydrogens is 255 g/mol. The van der Waals surface area contributed by atoms with Crippen molar-refractivity contribution in [2.45, 2.75) is 45.4 Å². The molecule has 4 heteroatoms. The van der Waals surface area contributed by atoms with Gasteiger partial charge in [0.2, 0.25) is 0 Å². The second-order valence-electron chi connectivity index (χ2n) is 5.89. The van der Waals surface area contributed by atoms with E-state index in [0.29, 0.717) is 11.6 Å². The number of β-amino-alcohol motifs (C(OH)–C–C–N with tert-alkyl or cyclic N) is 1. The highest BCUT2D eigenvalue weighted by Gasteiger charge is 2.19. The molecule has 20 heavy (non-hydrogen) atoms. The van der Waals surface area contributed by atoms with Crippen molar-refractivity contribution in [2.75, 3.05) is 19.6 Å². The van der Waals surface area contributed by atoms with Crippen LogP contribution in [0.15, 0.2) is 18.2 Å². The van der Waals surface area contributed by atoms with E-state index < -0.39 is 0 Å². The number of nitrogens with one attached hydrogen (secondary N) is 1. The quantitative estimate of drug-likeness (QED) is 0.867. The average Bonchev–Trinajstić information content (AvgIpc) is 2.41. The summed E-state index contributed by atoms with van der Waals surface area (Å²) in [6.07, 6.45) is 1.91. The molecule has 1 saturated heterocycles. The Labute approximate surface area is 120 Å². The molecule has 1 fully saturated rings. The van der Waals surface area contributed by atoms with E-state index in [4.69, 9.17) is 0 Å². The third kappa shape index (κ3) is 4.54. The molecule has 0 spiro atoms. The molecule has 1 atom stereocenters. The standard InChI is InChI=1S/C16H25FN2O/c1-12-3-4-14(9-16(12)17)10-18-15-5-7-19(8-6-15)11-13(2)20/h3-4,9,13,15,18,20H,5-8,10-11H2,1-2H3. The van der Waals surface area contributed by atoms with Gasteiger partial charge in [-0.25, -0.2) is 4.39 Å². The second-order valence-corrected chi connectivity index (χ2v) is 5.89. The Morgan fingerprint density at radius 2 is 2.10 bits per heavy atom. The Morgan fingerprint density at radius 1 is 1.40 bits per heavy atom. The number of hydrogen-bond acceptors (Lipinski definition) is 3. The first kappa shape index (κ1) is 15.4. The molecule has 0 aliphatic carbocycles. The molecule has 1 aliphatic rings.